The normalized spacial score (nSPS) is 19.4. The van der Waals surface area contributed by atoms with E-state index >= 15 is 0 Å². The number of carbonyl (C=O) groups is 1. The van der Waals surface area contributed by atoms with Crippen LogP contribution in [0.5, 0.6) is 0 Å². The van der Waals surface area contributed by atoms with Crippen LogP contribution in [-0.2, 0) is 4.79 Å². The zero-order valence-electron chi connectivity index (χ0n) is 10.7. The molecule has 0 aromatic carbocycles. The quantitative estimate of drug-likeness (QED) is 0.899. The molecule has 0 bridgehead atoms. The van der Waals surface area contributed by atoms with Crippen LogP contribution in [0, 0.1) is 5.92 Å². The van der Waals surface area contributed by atoms with Crippen molar-refractivity contribution < 1.29 is 4.79 Å². The second-order valence-corrected chi connectivity index (χ2v) is 5.62. The molecule has 1 aromatic heterocycles. The first kappa shape index (κ1) is 15.4. The molecule has 2 rings (SSSR count). The Morgan fingerprint density at radius 3 is 2.94 bits per heavy atom. The SMILES string of the molecule is CC(C)c1csc(NC(=O)C2CCCNC2)n1.Cl. The average Bonchev–Trinajstić information content (AvgIpc) is 2.79. The molecule has 1 fully saturated rings. The van der Waals surface area contributed by atoms with E-state index in [0.29, 0.717) is 5.92 Å². The van der Waals surface area contributed by atoms with E-state index in [4.69, 9.17) is 0 Å². The molecule has 6 heteroatoms. The van der Waals surface area contributed by atoms with Crippen LogP contribution in [0.3, 0.4) is 0 Å². The molecular weight excluding hydrogens is 270 g/mol. The Morgan fingerprint density at radius 2 is 2.39 bits per heavy atom. The predicted octanol–water partition coefficient (Wildman–Crippen LogP) is 2.63. The summed E-state index contributed by atoms with van der Waals surface area (Å²) < 4.78 is 0. The van der Waals surface area contributed by atoms with Crippen molar-refractivity contribution in [1.29, 1.82) is 0 Å². The smallest absolute Gasteiger partial charge is 0.230 e. The van der Waals surface area contributed by atoms with E-state index in [-0.39, 0.29) is 24.2 Å². The van der Waals surface area contributed by atoms with E-state index in [9.17, 15) is 4.79 Å². The number of nitrogens with zero attached hydrogens (tertiary/aromatic N) is 1. The Bertz CT molecular complexity index is 388. The third kappa shape index (κ3) is 3.93. The van der Waals surface area contributed by atoms with Crippen LogP contribution in [0.1, 0.15) is 38.3 Å². The van der Waals surface area contributed by atoms with Crippen molar-refractivity contribution in [3.05, 3.63) is 11.1 Å². The lowest BCUT2D eigenvalue weighted by Crippen LogP contribution is -2.37. The van der Waals surface area contributed by atoms with Gasteiger partial charge in [0.2, 0.25) is 5.91 Å². The lowest BCUT2D eigenvalue weighted by molar-refractivity contribution is -0.120. The number of thiazole rings is 1. The minimum atomic E-state index is 0. The minimum absolute atomic E-state index is 0. The number of hydrogen-bond acceptors (Lipinski definition) is 4. The largest absolute Gasteiger partial charge is 0.316 e. The highest BCUT2D eigenvalue weighted by atomic mass is 35.5. The molecule has 1 aliphatic rings. The van der Waals surface area contributed by atoms with E-state index in [0.717, 1.165) is 36.8 Å². The van der Waals surface area contributed by atoms with E-state index in [1.807, 2.05) is 5.38 Å². The molecule has 2 N–H and O–H groups in total. The van der Waals surface area contributed by atoms with Gasteiger partial charge in [0.05, 0.1) is 11.6 Å². The molecule has 2 heterocycles. The van der Waals surface area contributed by atoms with Gasteiger partial charge in [0.25, 0.3) is 0 Å². The standard InChI is InChI=1S/C12H19N3OS.ClH/c1-8(2)10-7-17-12(14-10)15-11(16)9-4-3-5-13-6-9;/h7-9,13H,3-6H2,1-2H3,(H,14,15,16);1H. The Hall–Kier alpha value is -0.650. The summed E-state index contributed by atoms with van der Waals surface area (Å²) in [6, 6.07) is 0. The van der Waals surface area contributed by atoms with Crippen LogP contribution in [0.25, 0.3) is 0 Å². The van der Waals surface area contributed by atoms with Gasteiger partial charge in [0.1, 0.15) is 0 Å². The van der Waals surface area contributed by atoms with Gasteiger partial charge >= 0.3 is 0 Å². The number of nitrogens with one attached hydrogen (secondary N) is 2. The fraction of sp³-hybridized carbons (Fsp3) is 0.667. The van der Waals surface area contributed by atoms with Crippen molar-refractivity contribution in [2.24, 2.45) is 5.92 Å². The fourth-order valence-electron chi connectivity index (χ4n) is 1.89. The molecule has 1 aromatic rings. The van der Waals surface area contributed by atoms with Crippen LogP contribution in [-0.4, -0.2) is 24.0 Å². The molecule has 1 atom stereocenters. The molecule has 1 unspecified atom stereocenters. The fourth-order valence-corrected chi connectivity index (χ4v) is 2.77. The van der Waals surface area contributed by atoms with Crippen LogP contribution in [0.2, 0.25) is 0 Å². The van der Waals surface area contributed by atoms with E-state index in [1.54, 1.807) is 0 Å². The van der Waals surface area contributed by atoms with Crippen LogP contribution < -0.4 is 10.6 Å². The average molecular weight is 290 g/mol. The summed E-state index contributed by atoms with van der Waals surface area (Å²) >= 11 is 1.51. The van der Waals surface area contributed by atoms with Crippen LogP contribution >= 0.6 is 23.7 Å². The predicted molar refractivity (Wildman–Crippen MR) is 77.7 cm³/mol. The molecule has 1 aliphatic heterocycles. The van der Waals surface area contributed by atoms with Crippen molar-refractivity contribution >= 4 is 34.8 Å². The molecule has 4 nitrogen and oxygen atoms in total. The van der Waals surface area contributed by atoms with Crippen molar-refractivity contribution in [2.45, 2.75) is 32.6 Å². The van der Waals surface area contributed by atoms with Gasteiger partial charge in [0.15, 0.2) is 5.13 Å². The number of anilines is 1. The second kappa shape index (κ2) is 7.07. The molecule has 1 saturated heterocycles. The summed E-state index contributed by atoms with van der Waals surface area (Å²) in [5.74, 6) is 0.602. The first-order chi connectivity index (χ1) is 8.16. The minimum Gasteiger partial charge on any atom is -0.316 e. The number of hydrogen-bond donors (Lipinski definition) is 2. The highest BCUT2D eigenvalue weighted by molar-refractivity contribution is 7.13. The van der Waals surface area contributed by atoms with E-state index in [2.05, 4.69) is 29.5 Å². The lowest BCUT2D eigenvalue weighted by Gasteiger charge is -2.21. The molecule has 18 heavy (non-hydrogen) atoms. The van der Waals surface area contributed by atoms with Gasteiger partial charge in [-0.3, -0.25) is 4.79 Å². The monoisotopic (exact) mass is 289 g/mol. The van der Waals surface area contributed by atoms with E-state index in [1.165, 1.54) is 11.3 Å². The van der Waals surface area contributed by atoms with Crippen LogP contribution in [0.15, 0.2) is 5.38 Å². The zero-order chi connectivity index (χ0) is 12.3. The summed E-state index contributed by atoms with van der Waals surface area (Å²) in [7, 11) is 0. The topological polar surface area (TPSA) is 54.0 Å². The molecule has 0 radical (unpaired) electrons. The molecule has 0 spiro atoms. The molecule has 102 valence electrons. The summed E-state index contributed by atoms with van der Waals surface area (Å²) in [6.07, 6.45) is 2.05. The summed E-state index contributed by atoms with van der Waals surface area (Å²) in [6.45, 7) is 6.02. The summed E-state index contributed by atoms with van der Waals surface area (Å²) in [5, 5.41) is 8.90. The molecule has 0 saturated carbocycles. The Balaban J connectivity index is 0.00000162. The van der Waals surface area contributed by atoms with Gasteiger partial charge in [-0.2, -0.15) is 0 Å². The third-order valence-corrected chi connectivity index (χ3v) is 3.79. The van der Waals surface area contributed by atoms with Gasteiger partial charge in [0, 0.05) is 11.9 Å². The number of amides is 1. The first-order valence-corrected chi connectivity index (χ1v) is 7.02. The number of aromatic nitrogens is 1. The second-order valence-electron chi connectivity index (χ2n) is 4.76. The van der Waals surface area contributed by atoms with Crippen molar-refractivity contribution in [3.8, 4) is 0 Å². The zero-order valence-corrected chi connectivity index (χ0v) is 12.4. The van der Waals surface area contributed by atoms with Crippen molar-refractivity contribution in [2.75, 3.05) is 18.4 Å². The third-order valence-electron chi connectivity index (χ3n) is 3.01. The number of carbonyl (C=O) groups excluding carboxylic acids is 1. The Labute approximate surface area is 118 Å². The van der Waals surface area contributed by atoms with Gasteiger partial charge in [-0.25, -0.2) is 4.98 Å². The highest BCUT2D eigenvalue weighted by Crippen LogP contribution is 2.22. The Morgan fingerprint density at radius 1 is 1.61 bits per heavy atom. The molecule has 0 aliphatic carbocycles. The van der Waals surface area contributed by atoms with E-state index < -0.39 is 0 Å². The number of rotatable bonds is 3. The molecular formula is C12H20ClN3OS. The number of halogens is 1. The van der Waals surface area contributed by atoms with Gasteiger partial charge in [-0.05, 0) is 25.3 Å². The van der Waals surface area contributed by atoms with Gasteiger partial charge < -0.3 is 10.6 Å². The van der Waals surface area contributed by atoms with Crippen molar-refractivity contribution in [1.82, 2.24) is 10.3 Å². The summed E-state index contributed by atoms with van der Waals surface area (Å²) in [4.78, 5) is 16.4. The first-order valence-electron chi connectivity index (χ1n) is 6.14. The maximum absolute atomic E-state index is 12.0. The maximum Gasteiger partial charge on any atom is 0.230 e. The maximum atomic E-state index is 12.0. The van der Waals surface area contributed by atoms with Crippen LogP contribution in [0.4, 0.5) is 5.13 Å². The highest BCUT2D eigenvalue weighted by Gasteiger charge is 2.21. The number of piperidine rings is 1. The Kier molecular flexibility index (Phi) is 6.05. The molecule has 1 amide bonds. The van der Waals surface area contributed by atoms with Gasteiger partial charge in [-0.1, -0.05) is 13.8 Å². The van der Waals surface area contributed by atoms with Crippen molar-refractivity contribution in [3.63, 3.8) is 0 Å². The van der Waals surface area contributed by atoms with Gasteiger partial charge in [-0.15, -0.1) is 23.7 Å². The summed E-state index contributed by atoms with van der Waals surface area (Å²) in [5.41, 5.74) is 1.05. The lowest BCUT2D eigenvalue weighted by atomic mass is 9.99.